The molecular formula is C50H33N. The van der Waals surface area contributed by atoms with E-state index in [1.807, 2.05) is 0 Å². The lowest BCUT2D eigenvalue weighted by molar-refractivity contribution is 0.775. The van der Waals surface area contributed by atoms with Crippen LogP contribution in [0.1, 0.15) is 33.4 Å². The van der Waals surface area contributed by atoms with E-state index in [2.05, 4.69) is 193 Å². The lowest BCUT2D eigenvalue weighted by Crippen LogP contribution is -2.29. The van der Waals surface area contributed by atoms with Crippen molar-refractivity contribution < 1.29 is 0 Å². The van der Waals surface area contributed by atoms with Crippen LogP contribution in [-0.2, 0) is 11.8 Å². The molecule has 1 unspecified atom stereocenters. The van der Waals surface area contributed by atoms with E-state index in [-0.39, 0.29) is 0 Å². The Morgan fingerprint density at radius 1 is 0.314 bits per heavy atom. The van der Waals surface area contributed by atoms with Crippen LogP contribution < -0.4 is 4.90 Å². The van der Waals surface area contributed by atoms with Gasteiger partial charge in [-0.3, -0.25) is 0 Å². The van der Waals surface area contributed by atoms with Gasteiger partial charge in [-0.25, -0.2) is 0 Å². The molecule has 3 aliphatic carbocycles. The molecule has 0 saturated carbocycles. The first-order valence-electron chi connectivity index (χ1n) is 17.9. The number of hydrogen-bond acceptors (Lipinski definition) is 1. The van der Waals surface area contributed by atoms with Gasteiger partial charge in [-0.1, -0.05) is 152 Å². The molecule has 51 heavy (non-hydrogen) atoms. The Morgan fingerprint density at radius 3 is 1.53 bits per heavy atom. The topological polar surface area (TPSA) is 3.24 Å². The molecule has 0 saturated heterocycles. The molecule has 1 atom stereocenters. The molecular weight excluding hydrogens is 615 g/mol. The summed E-state index contributed by atoms with van der Waals surface area (Å²) in [5.74, 6) is 0. The van der Waals surface area contributed by atoms with E-state index in [0.717, 1.165) is 23.5 Å². The maximum atomic E-state index is 2.46. The number of para-hydroxylation sites is 2. The Hall–Kier alpha value is -6.44. The van der Waals surface area contributed by atoms with Crippen LogP contribution in [0.2, 0.25) is 0 Å². The Kier molecular flexibility index (Phi) is 6.00. The number of hydrogen-bond donors (Lipinski definition) is 0. The maximum absolute atomic E-state index is 2.46. The van der Waals surface area contributed by atoms with E-state index in [9.17, 15) is 0 Å². The molecule has 0 N–H and O–H groups in total. The predicted molar refractivity (Wildman–Crippen MR) is 211 cm³/mol. The van der Waals surface area contributed by atoms with E-state index >= 15 is 0 Å². The Morgan fingerprint density at radius 2 is 0.824 bits per heavy atom. The number of nitrogens with zero attached hydrogens (tertiary/aromatic N) is 1. The molecule has 3 aliphatic rings. The molecule has 1 heteroatoms. The van der Waals surface area contributed by atoms with Gasteiger partial charge in [0.25, 0.3) is 0 Å². The van der Waals surface area contributed by atoms with E-state index < -0.39 is 5.41 Å². The summed E-state index contributed by atoms with van der Waals surface area (Å²) >= 11 is 0. The van der Waals surface area contributed by atoms with Gasteiger partial charge < -0.3 is 4.90 Å². The van der Waals surface area contributed by atoms with Gasteiger partial charge in [0, 0.05) is 17.1 Å². The van der Waals surface area contributed by atoms with Gasteiger partial charge in [-0.2, -0.15) is 0 Å². The summed E-state index contributed by atoms with van der Waals surface area (Å²) in [5.41, 5.74) is 21.7. The fourth-order valence-corrected chi connectivity index (χ4v) is 9.54. The molecule has 0 fully saturated rings. The van der Waals surface area contributed by atoms with Crippen LogP contribution in [-0.4, -0.2) is 0 Å². The van der Waals surface area contributed by atoms with Crippen molar-refractivity contribution in [2.45, 2.75) is 11.8 Å². The Balaban J connectivity index is 1.28. The van der Waals surface area contributed by atoms with Gasteiger partial charge in [0.2, 0.25) is 0 Å². The minimum absolute atomic E-state index is 0.522. The first kappa shape index (κ1) is 28.4. The zero-order valence-corrected chi connectivity index (χ0v) is 28.1. The standard InChI is InChI=1S/C50H33N/c1-3-16-35(17-4-1)51(36-18-5-2-6-19-36)37-28-30-46-43(32-37)40-22-10-9-21-39(40)41-23-11-13-25-44(41)50(46)45-26-14-12-24-42(45)49-47(50)29-27-34-31-33-15-7-8-20-38(33)48(34)49/h1-30,32H,31H2. The summed E-state index contributed by atoms with van der Waals surface area (Å²) in [6.07, 6.45) is 0.977. The predicted octanol–water partition coefficient (Wildman–Crippen LogP) is 12.7. The van der Waals surface area contributed by atoms with Crippen molar-refractivity contribution >= 4 is 17.1 Å². The number of anilines is 3. The minimum atomic E-state index is -0.522. The van der Waals surface area contributed by atoms with Crippen LogP contribution in [0.4, 0.5) is 17.1 Å². The van der Waals surface area contributed by atoms with Gasteiger partial charge >= 0.3 is 0 Å². The quantitative estimate of drug-likeness (QED) is 0.184. The molecule has 0 aromatic heterocycles. The summed E-state index contributed by atoms with van der Waals surface area (Å²) in [4.78, 5) is 2.38. The average Bonchev–Trinajstić information content (AvgIpc) is 3.69. The SMILES string of the molecule is c1ccc(N(c2ccccc2)c2ccc3c(c2)-c2ccccc2-c2ccccc2C32c3ccccc3-c3c2ccc2c3-c3ccccc3C2)cc1. The number of rotatable bonds is 3. The van der Waals surface area contributed by atoms with Crippen molar-refractivity contribution in [2.24, 2.45) is 0 Å². The summed E-state index contributed by atoms with van der Waals surface area (Å²) in [7, 11) is 0. The largest absolute Gasteiger partial charge is 0.310 e. The fourth-order valence-electron chi connectivity index (χ4n) is 9.54. The first-order chi connectivity index (χ1) is 25.3. The van der Waals surface area contributed by atoms with E-state index in [4.69, 9.17) is 0 Å². The second-order valence-electron chi connectivity index (χ2n) is 14.0. The zero-order valence-electron chi connectivity index (χ0n) is 28.1. The molecule has 238 valence electrons. The van der Waals surface area contributed by atoms with Crippen molar-refractivity contribution in [3.05, 3.63) is 221 Å². The first-order valence-corrected chi connectivity index (χ1v) is 17.9. The number of benzene rings is 8. The van der Waals surface area contributed by atoms with Gasteiger partial charge in [0.15, 0.2) is 0 Å². The van der Waals surface area contributed by atoms with Crippen LogP contribution >= 0.6 is 0 Å². The molecule has 0 radical (unpaired) electrons. The summed E-state index contributed by atoms with van der Waals surface area (Å²) < 4.78 is 0. The highest BCUT2D eigenvalue weighted by atomic mass is 15.1. The second-order valence-corrected chi connectivity index (χ2v) is 14.0. The van der Waals surface area contributed by atoms with Crippen LogP contribution in [0.3, 0.4) is 0 Å². The molecule has 0 aliphatic heterocycles. The van der Waals surface area contributed by atoms with Crippen LogP contribution in [0.15, 0.2) is 188 Å². The van der Waals surface area contributed by atoms with Crippen LogP contribution in [0.25, 0.3) is 44.5 Å². The third kappa shape index (κ3) is 3.86. The molecule has 11 rings (SSSR count). The monoisotopic (exact) mass is 647 g/mol. The van der Waals surface area contributed by atoms with Gasteiger partial charge in [-0.15, -0.1) is 0 Å². The van der Waals surface area contributed by atoms with Gasteiger partial charge in [-0.05, 0) is 121 Å². The van der Waals surface area contributed by atoms with Crippen molar-refractivity contribution in [1.82, 2.24) is 0 Å². The maximum Gasteiger partial charge on any atom is 0.0725 e. The van der Waals surface area contributed by atoms with Crippen molar-refractivity contribution in [2.75, 3.05) is 4.90 Å². The molecule has 1 spiro atoms. The van der Waals surface area contributed by atoms with Crippen molar-refractivity contribution in [3.63, 3.8) is 0 Å². The summed E-state index contributed by atoms with van der Waals surface area (Å²) in [6, 6.07) is 70.0. The van der Waals surface area contributed by atoms with E-state index in [1.165, 1.54) is 77.9 Å². The molecule has 8 aromatic rings. The van der Waals surface area contributed by atoms with Crippen molar-refractivity contribution in [1.29, 1.82) is 0 Å². The minimum Gasteiger partial charge on any atom is -0.310 e. The molecule has 0 heterocycles. The number of fused-ring (bicyclic) bond motifs is 16. The van der Waals surface area contributed by atoms with Gasteiger partial charge in [0.1, 0.15) is 0 Å². The van der Waals surface area contributed by atoms with E-state index in [0.29, 0.717) is 0 Å². The molecule has 0 amide bonds. The van der Waals surface area contributed by atoms with Crippen LogP contribution in [0, 0.1) is 0 Å². The van der Waals surface area contributed by atoms with E-state index in [1.54, 1.807) is 0 Å². The fraction of sp³-hybridized carbons (Fsp3) is 0.0400. The summed E-state index contributed by atoms with van der Waals surface area (Å²) in [6.45, 7) is 0. The van der Waals surface area contributed by atoms with Crippen LogP contribution in [0.5, 0.6) is 0 Å². The third-order valence-corrected chi connectivity index (χ3v) is 11.5. The lowest BCUT2D eigenvalue weighted by Gasteiger charge is -2.36. The summed E-state index contributed by atoms with van der Waals surface area (Å²) in [5, 5.41) is 0. The molecule has 1 nitrogen and oxygen atoms in total. The van der Waals surface area contributed by atoms with Gasteiger partial charge in [0.05, 0.1) is 5.41 Å². The highest BCUT2D eigenvalue weighted by Gasteiger charge is 2.51. The zero-order chi connectivity index (χ0) is 33.5. The highest BCUT2D eigenvalue weighted by molar-refractivity contribution is 6.03. The normalized spacial score (nSPS) is 15.5. The second kappa shape index (κ2) is 10.8. The Labute approximate surface area is 298 Å². The molecule has 8 aromatic carbocycles. The average molecular weight is 648 g/mol. The smallest absolute Gasteiger partial charge is 0.0725 e. The Bertz CT molecular complexity index is 2630. The lowest BCUT2D eigenvalue weighted by atomic mass is 9.65. The third-order valence-electron chi connectivity index (χ3n) is 11.5. The molecule has 0 bridgehead atoms. The van der Waals surface area contributed by atoms with Crippen molar-refractivity contribution in [3.8, 4) is 44.5 Å². The highest BCUT2D eigenvalue weighted by Crippen LogP contribution is 2.64.